The molecule has 30 heavy (non-hydrogen) atoms. The van der Waals surface area contributed by atoms with Crippen molar-refractivity contribution in [1.82, 2.24) is 4.90 Å². The van der Waals surface area contributed by atoms with Crippen molar-refractivity contribution in [3.05, 3.63) is 84.0 Å². The van der Waals surface area contributed by atoms with Crippen LogP contribution in [0.1, 0.15) is 36.0 Å². The van der Waals surface area contributed by atoms with Crippen LogP contribution < -0.4 is 10.6 Å². The van der Waals surface area contributed by atoms with Crippen molar-refractivity contribution in [2.45, 2.75) is 31.7 Å². The molecule has 1 aliphatic heterocycles. The van der Waals surface area contributed by atoms with Crippen molar-refractivity contribution in [2.24, 2.45) is 0 Å². The lowest BCUT2D eigenvalue weighted by atomic mass is 10.0. The molecule has 0 bridgehead atoms. The molecule has 0 atom stereocenters. The molecule has 0 saturated carbocycles. The normalized spacial score (nSPS) is 16.7. The van der Waals surface area contributed by atoms with Gasteiger partial charge in [0, 0.05) is 41.6 Å². The van der Waals surface area contributed by atoms with Gasteiger partial charge in [0.05, 0.1) is 0 Å². The summed E-state index contributed by atoms with van der Waals surface area (Å²) in [5, 5.41) is 6.45. The molecule has 154 valence electrons. The molecule has 5 heteroatoms. The van der Waals surface area contributed by atoms with Crippen molar-refractivity contribution >= 4 is 23.2 Å². The van der Waals surface area contributed by atoms with Gasteiger partial charge in [-0.25, -0.2) is 0 Å². The lowest BCUT2D eigenvalue weighted by Crippen LogP contribution is -2.42. The summed E-state index contributed by atoms with van der Waals surface area (Å²) in [7, 11) is 0. The Hall–Kier alpha value is -3.34. The first-order valence-corrected chi connectivity index (χ1v) is 10.6. The first kappa shape index (κ1) is 20.0. The fraction of sp³-hybridized carbons (Fsp3) is 0.280. The van der Waals surface area contributed by atoms with Gasteiger partial charge in [-0.2, -0.15) is 0 Å². The minimum atomic E-state index is -0.126. The number of allylic oxidation sites excluding steroid dienone is 2. The summed E-state index contributed by atoms with van der Waals surface area (Å²) in [6.45, 7) is 1.49. The number of para-hydroxylation sites is 1. The number of rotatable bonds is 5. The zero-order chi connectivity index (χ0) is 20.8. The maximum absolute atomic E-state index is 12.6. The number of likely N-dealkylation sites (tertiary alicyclic amines) is 1. The zero-order valence-corrected chi connectivity index (χ0v) is 17.0. The largest absolute Gasteiger partial charge is 0.382 e. The Labute approximate surface area is 177 Å². The summed E-state index contributed by atoms with van der Waals surface area (Å²) >= 11 is 0. The Kier molecular flexibility index (Phi) is 6.28. The molecule has 0 spiro atoms. The standard InChI is InChI=1S/C25H27N3O2/c29-24(27-21-11-5-2-6-12-21)20-10-7-13-23(18-20)26-22-14-16-28(17-15-22)25(30)19-8-3-1-4-9-19/h2-3,5-13,18,22,26H,1,4,14-17H2,(H,27,29). The fourth-order valence-electron chi connectivity index (χ4n) is 3.89. The van der Waals surface area contributed by atoms with Crippen LogP contribution in [0.2, 0.25) is 0 Å². The Morgan fingerprint density at radius 2 is 1.67 bits per heavy atom. The van der Waals surface area contributed by atoms with Gasteiger partial charge in [0.2, 0.25) is 0 Å². The van der Waals surface area contributed by atoms with E-state index in [1.165, 1.54) is 0 Å². The van der Waals surface area contributed by atoms with Gasteiger partial charge in [-0.05, 0) is 56.0 Å². The topological polar surface area (TPSA) is 61.4 Å². The van der Waals surface area contributed by atoms with Gasteiger partial charge < -0.3 is 15.5 Å². The van der Waals surface area contributed by atoms with Crippen LogP contribution in [0.25, 0.3) is 0 Å². The third-order valence-corrected chi connectivity index (χ3v) is 5.55. The molecule has 1 fully saturated rings. The summed E-state index contributed by atoms with van der Waals surface area (Å²) in [4.78, 5) is 27.1. The van der Waals surface area contributed by atoms with E-state index < -0.39 is 0 Å². The second-order valence-electron chi connectivity index (χ2n) is 7.75. The smallest absolute Gasteiger partial charge is 0.255 e. The summed E-state index contributed by atoms with van der Waals surface area (Å²) < 4.78 is 0. The first-order chi connectivity index (χ1) is 14.7. The molecule has 2 amide bonds. The van der Waals surface area contributed by atoms with Gasteiger partial charge in [-0.3, -0.25) is 9.59 Å². The number of hydrogen-bond acceptors (Lipinski definition) is 3. The van der Waals surface area contributed by atoms with E-state index in [1.54, 1.807) is 0 Å². The van der Waals surface area contributed by atoms with Gasteiger partial charge in [0.25, 0.3) is 11.8 Å². The van der Waals surface area contributed by atoms with Crippen LogP contribution in [0.3, 0.4) is 0 Å². The van der Waals surface area contributed by atoms with Crippen LogP contribution in [-0.4, -0.2) is 35.8 Å². The van der Waals surface area contributed by atoms with Crippen LogP contribution in [0.5, 0.6) is 0 Å². The fourth-order valence-corrected chi connectivity index (χ4v) is 3.89. The summed E-state index contributed by atoms with van der Waals surface area (Å²) in [6.07, 6.45) is 9.81. The molecule has 5 nitrogen and oxygen atoms in total. The molecule has 4 rings (SSSR count). The highest BCUT2D eigenvalue weighted by Crippen LogP contribution is 2.21. The quantitative estimate of drug-likeness (QED) is 0.769. The molecule has 2 aromatic rings. The van der Waals surface area contributed by atoms with Crippen LogP contribution in [0.15, 0.2) is 78.4 Å². The van der Waals surface area contributed by atoms with Crippen molar-refractivity contribution in [3.8, 4) is 0 Å². The van der Waals surface area contributed by atoms with E-state index in [4.69, 9.17) is 0 Å². The molecule has 0 aromatic heterocycles. The van der Waals surface area contributed by atoms with Crippen molar-refractivity contribution < 1.29 is 9.59 Å². The van der Waals surface area contributed by atoms with Gasteiger partial charge in [0.15, 0.2) is 0 Å². The highest BCUT2D eigenvalue weighted by Gasteiger charge is 2.24. The molecular formula is C25H27N3O2. The third-order valence-electron chi connectivity index (χ3n) is 5.55. The lowest BCUT2D eigenvalue weighted by Gasteiger charge is -2.33. The molecule has 0 unspecified atom stereocenters. The Bertz CT molecular complexity index is 957. The summed E-state index contributed by atoms with van der Waals surface area (Å²) in [5.74, 6) is 0.0167. The van der Waals surface area contributed by atoms with Crippen LogP contribution in [0, 0.1) is 0 Å². The van der Waals surface area contributed by atoms with E-state index in [9.17, 15) is 9.59 Å². The minimum Gasteiger partial charge on any atom is -0.382 e. The predicted molar refractivity (Wildman–Crippen MR) is 121 cm³/mol. The maximum Gasteiger partial charge on any atom is 0.255 e. The van der Waals surface area contributed by atoms with E-state index in [0.29, 0.717) is 5.56 Å². The van der Waals surface area contributed by atoms with Gasteiger partial charge >= 0.3 is 0 Å². The number of benzene rings is 2. The first-order valence-electron chi connectivity index (χ1n) is 10.6. The zero-order valence-electron chi connectivity index (χ0n) is 17.0. The molecule has 0 radical (unpaired) electrons. The summed E-state index contributed by atoms with van der Waals surface area (Å²) in [6, 6.07) is 17.3. The van der Waals surface area contributed by atoms with Crippen LogP contribution in [0.4, 0.5) is 11.4 Å². The van der Waals surface area contributed by atoms with E-state index in [0.717, 1.165) is 55.7 Å². The van der Waals surface area contributed by atoms with E-state index in [1.807, 2.05) is 71.6 Å². The average molecular weight is 402 g/mol. The monoisotopic (exact) mass is 401 g/mol. The number of piperidine rings is 1. The Balaban J connectivity index is 1.31. The Morgan fingerprint density at radius 1 is 0.900 bits per heavy atom. The highest BCUT2D eigenvalue weighted by atomic mass is 16.2. The number of nitrogens with zero attached hydrogens (tertiary/aromatic N) is 1. The highest BCUT2D eigenvalue weighted by molar-refractivity contribution is 6.04. The molecule has 1 aliphatic carbocycles. The van der Waals surface area contributed by atoms with Gasteiger partial charge in [-0.1, -0.05) is 42.5 Å². The number of nitrogens with one attached hydrogen (secondary N) is 2. The van der Waals surface area contributed by atoms with Crippen LogP contribution >= 0.6 is 0 Å². The SMILES string of the molecule is O=C(Nc1ccccc1)c1cccc(NC2CCN(C(=O)C3=CCCC=C3)CC2)c1. The van der Waals surface area contributed by atoms with E-state index in [-0.39, 0.29) is 17.9 Å². The van der Waals surface area contributed by atoms with Crippen molar-refractivity contribution in [2.75, 3.05) is 23.7 Å². The number of carbonyl (C=O) groups is 2. The minimum absolute atomic E-state index is 0.126. The van der Waals surface area contributed by atoms with E-state index >= 15 is 0 Å². The molecule has 2 aliphatic rings. The van der Waals surface area contributed by atoms with Crippen LogP contribution in [-0.2, 0) is 4.79 Å². The number of hydrogen-bond donors (Lipinski definition) is 2. The van der Waals surface area contributed by atoms with E-state index in [2.05, 4.69) is 16.7 Å². The summed E-state index contributed by atoms with van der Waals surface area (Å²) in [5.41, 5.74) is 3.15. The van der Waals surface area contributed by atoms with Gasteiger partial charge in [0.1, 0.15) is 0 Å². The number of carbonyl (C=O) groups excluding carboxylic acids is 2. The number of anilines is 2. The second kappa shape index (κ2) is 9.44. The maximum atomic E-state index is 12.6. The second-order valence-corrected chi connectivity index (χ2v) is 7.75. The van der Waals surface area contributed by atoms with Crippen molar-refractivity contribution in [3.63, 3.8) is 0 Å². The molecule has 2 aromatic carbocycles. The lowest BCUT2D eigenvalue weighted by molar-refractivity contribution is -0.127. The average Bonchev–Trinajstić information content (AvgIpc) is 2.80. The van der Waals surface area contributed by atoms with Crippen molar-refractivity contribution in [1.29, 1.82) is 0 Å². The third kappa shape index (κ3) is 4.98. The number of amides is 2. The molecule has 1 heterocycles. The molecule has 2 N–H and O–H groups in total. The van der Waals surface area contributed by atoms with Gasteiger partial charge in [-0.15, -0.1) is 0 Å². The molecular weight excluding hydrogens is 374 g/mol. The molecule has 1 saturated heterocycles. The predicted octanol–water partition coefficient (Wildman–Crippen LogP) is 4.62. The Morgan fingerprint density at radius 3 is 2.40 bits per heavy atom.